The van der Waals surface area contributed by atoms with Crippen molar-refractivity contribution in [1.29, 1.82) is 0 Å². The fourth-order valence-corrected chi connectivity index (χ4v) is 2.39. The third kappa shape index (κ3) is 3.96. The minimum Gasteiger partial charge on any atom is -0.496 e. The van der Waals surface area contributed by atoms with E-state index in [1.54, 1.807) is 27.4 Å². The summed E-state index contributed by atoms with van der Waals surface area (Å²) < 4.78 is 16.0. The second-order valence-corrected chi connectivity index (χ2v) is 5.40. The highest BCUT2D eigenvalue weighted by Gasteiger charge is 2.17. The number of aliphatic imine (C=N–C) groups is 1. The molecule has 0 saturated heterocycles. The van der Waals surface area contributed by atoms with Gasteiger partial charge in [-0.15, -0.1) is 0 Å². The smallest absolute Gasteiger partial charge is 0.188 e. The van der Waals surface area contributed by atoms with Gasteiger partial charge in [-0.05, 0) is 24.8 Å². The summed E-state index contributed by atoms with van der Waals surface area (Å²) in [4.78, 5) is 4.37. The number of hydrogen-bond acceptors (Lipinski definition) is 4. The molecule has 1 saturated carbocycles. The predicted octanol–water partition coefficient (Wildman–Crippen LogP) is 1.92. The van der Waals surface area contributed by atoms with Crippen molar-refractivity contribution < 1.29 is 14.2 Å². The van der Waals surface area contributed by atoms with Crippen LogP contribution in [0.4, 0.5) is 0 Å². The van der Waals surface area contributed by atoms with Crippen molar-refractivity contribution in [1.82, 2.24) is 5.32 Å². The van der Waals surface area contributed by atoms with Crippen LogP contribution in [0.25, 0.3) is 0 Å². The van der Waals surface area contributed by atoms with Crippen LogP contribution in [0.3, 0.4) is 0 Å². The molecule has 3 N–H and O–H groups in total. The summed E-state index contributed by atoms with van der Waals surface area (Å²) in [6, 6.07) is 3.65. The third-order valence-corrected chi connectivity index (χ3v) is 4.00. The maximum Gasteiger partial charge on any atom is 0.188 e. The van der Waals surface area contributed by atoms with Crippen LogP contribution in [-0.4, -0.2) is 33.8 Å². The van der Waals surface area contributed by atoms with Crippen molar-refractivity contribution in [3.05, 3.63) is 17.7 Å². The lowest BCUT2D eigenvalue weighted by Gasteiger charge is -2.25. The molecule has 6 nitrogen and oxygen atoms in total. The van der Waals surface area contributed by atoms with Gasteiger partial charge < -0.3 is 25.3 Å². The number of rotatable bonds is 7. The molecule has 0 amide bonds. The average molecular weight is 307 g/mol. The summed E-state index contributed by atoms with van der Waals surface area (Å²) in [6.45, 7) is 1.32. The Hall–Kier alpha value is -2.11. The number of nitrogens with two attached hydrogens (primary N) is 1. The highest BCUT2D eigenvalue weighted by Crippen LogP contribution is 2.34. The molecule has 1 aliphatic carbocycles. The average Bonchev–Trinajstić information content (AvgIpc) is 2.50. The van der Waals surface area contributed by atoms with Crippen molar-refractivity contribution in [2.75, 3.05) is 27.9 Å². The zero-order valence-corrected chi connectivity index (χ0v) is 13.5. The molecule has 0 atom stereocenters. The minimum atomic E-state index is 0.424. The van der Waals surface area contributed by atoms with E-state index in [4.69, 9.17) is 19.9 Å². The largest absolute Gasteiger partial charge is 0.496 e. The van der Waals surface area contributed by atoms with Gasteiger partial charge in [0, 0.05) is 18.2 Å². The molecular formula is C16H25N3O3. The predicted molar refractivity (Wildman–Crippen MR) is 86.8 cm³/mol. The molecule has 6 heteroatoms. The fourth-order valence-electron chi connectivity index (χ4n) is 2.39. The van der Waals surface area contributed by atoms with Gasteiger partial charge in [-0.1, -0.05) is 6.42 Å². The van der Waals surface area contributed by atoms with Crippen LogP contribution in [-0.2, 0) is 6.54 Å². The van der Waals surface area contributed by atoms with Crippen LogP contribution in [0.2, 0.25) is 0 Å². The maximum absolute atomic E-state index is 5.91. The summed E-state index contributed by atoms with van der Waals surface area (Å²) in [5.41, 5.74) is 6.81. The van der Waals surface area contributed by atoms with Crippen molar-refractivity contribution in [2.45, 2.75) is 25.8 Å². The molecule has 22 heavy (non-hydrogen) atoms. The molecular weight excluding hydrogens is 282 g/mol. The number of nitrogens with zero attached hydrogens (tertiary/aromatic N) is 1. The first-order chi connectivity index (χ1) is 10.7. The molecule has 0 heterocycles. The highest BCUT2D eigenvalue weighted by atomic mass is 16.5. The Labute approximate surface area is 131 Å². The number of guanidine groups is 1. The SMILES string of the molecule is COc1cc(OC)c(OC)cc1CN=C(N)NCC1CCC1. The van der Waals surface area contributed by atoms with Gasteiger partial charge in [0.15, 0.2) is 17.5 Å². The summed E-state index contributed by atoms with van der Waals surface area (Å²) in [5, 5.41) is 3.17. The lowest BCUT2D eigenvalue weighted by Crippen LogP contribution is -2.37. The topological polar surface area (TPSA) is 78.1 Å². The number of nitrogens with one attached hydrogen (secondary N) is 1. The summed E-state index contributed by atoms with van der Waals surface area (Å²) in [5.74, 6) is 3.18. The van der Waals surface area contributed by atoms with Gasteiger partial charge in [-0.25, -0.2) is 4.99 Å². The molecule has 0 unspecified atom stereocenters. The van der Waals surface area contributed by atoms with Crippen LogP contribution in [0, 0.1) is 5.92 Å². The van der Waals surface area contributed by atoms with E-state index in [1.165, 1.54) is 19.3 Å². The molecule has 0 bridgehead atoms. The van der Waals surface area contributed by atoms with E-state index in [9.17, 15) is 0 Å². The van der Waals surface area contributed by atoms with Crippen molar-refractivity contribution in [3.8, 4) is 17.2 Å². The first-order valence-electron chi connectivity index (χ1n) is 7.50. The summed E-state index contributed by atoms with van der Waals surface area (Å²) in [7, 11) is 4.82. The Morgan fingerprint density at radius 2 is 1.77 bits per heavy atom. The van der Waals surface area contributed by atoms with Crippen molar-refractivity contribution in [3.63, 3.8) is 0 Å². The van der Waals surface area contributed by atoms with Gasteiger partial charge in [0.05, 0.1) is 27.9 Å². The van der Waals surface area contributed by atoms with E-state index in [0.29, 0.717) is 29.8 Å². The summed E-state index contributed by atoms with van der Waals surface area (Å²) >= 11 is 0. The molecule has 1 fully saturated rings. The van der Waals surface area contributed by atoms with Crippen molar-refractivity contribution >= 4 is 5.96 Å². The number of hydrogen-bond donors (Lipinski definition) is 2. The maximum atomic E-state index is 5.91. The molecule has 0 aliphatic heterocycles. The highest BCUT2D eigenvalue weighted by molar-refractivity contribution is 5.77. The van der Waals surface area contributed by atoms with E-state index < -0.39 is 0 Å². The minimum absolute atomic E-state index is 0.424. The second kappa shape index (κ2) is 7.77. The Morgan fingerprint density at radius 1 is 1.14 bits per heavy atom. The molecule has 1 aromatic carbocycles. The zero-order valence-electron chi connectivity index (χ0n) is 13.5. The molecule has 0 spiro atoms. The Morgan fingerprint density at radius 3 is 2.32 bits per heavy atom. The molecule has 122 valence electrons. The van der Waals surface area contributed by atoms with Gasteiger partial charge in [-0.3, -0.25) is 0 Å². The standard InChI is InChI=1S/C16H25N3O3/c1-20-13-8-15(22-3)14(21-2)7-12(13)10-19-16(17)18-9-11-5-4-6-11/h7-8,11H,4-6,9-10H2,1-3H3,(H3,17,18,19). The molecule has 1 aromatic rings. The van der Waals surface area contributed by atoms with E-state index >= 15 is 0 Å². The lowest BCUT2D eigenvalue weighted by atomic mass is 9.85. The molecule has 0 radical (unpaired) electrons. The van der Waals surface area contributed by atoms with E-state index in [1.807, 2.05) is 6.07 Å². The van der Waals surface area contributed by atoms with Gasteiger partial charge in [-0.2, -0.15) is 0 Å². The number of methoxy groups -OCH3 is 3. The van der Waals surface area contributed by atoms with Crippen LogP contribution >= 0.6 is 0 Å². The zero-order chi connectivity index (χ0) is 15.9. The Bertz CT molecular complexity index is 528. The molecule has 0 aromatic heterocycles. The van der Waals surface area contributed by atoms with Gasteiger partial charge >= 0.3 is 0 Å². The van der Waals surface area contributed by atoms with Crippen molar-refractivity contribution in [2.24, 2.45) is 16.6 Å². The molecule has 1 aliphatic rings. The monoisotopic (exact) mass is 307 g/mol. The van der Waals surface area contributed by atoms with E-state index in [-0.39, 0.29) is 0 Å². The van der Waals surface area contributed by atoms with Gasteiger partial charge in [0.1, 0.15) is 5.75 Å². The Kier molecular flexibility index (Phi) is 5.75. The van der Waals surface area contributed by atoms with Crippen LogP contribution < -0.4 is 25.3 Å². The fraction of sp³-hybridized carbons (Fsp3) is 0.562. The number of benzene rings is 1. The first kappa shape index (κ1) is 16.3. The summed E-state index contributed by atoms with van der Waals surface area (Å²) in [6.07, 6.45) is 3.89. The van der Waals surface area contributed by atoms with E-state index in [2.05, 4.69) is 10.3 Å². The van der Waals surface area contributed by atoms with Crippen LogP contribution in [0.15, 0.2) is 17.1 Å². The second-order valence-electron chi connectivity index (χ2n) is 5.40. The van der Waals surface area contributed by atoms with Crippen LogP contribution in [0.1, 0.15) is 24.8 Å². The van der Waals surface area contributed by atoms with E-state index in [0.717, 1.165) is 18.0 Å². The lowest BCUT2D eigenvalue weighted by molar-refractivity contribution is 0.315. The third-order valence-electron chi connectivity index (χ3n) is 4.00. The normalized spacial score (nSPS) is 15.1. The van der Waals surface area contributed by atoms with Gasteiger partial charge in [0.25, 0.3) is 0 Å². The quantitative estimate of drug-likeness (QED) is 0.594. The molecule has 2 rings (SSSR count). The Balaban J connectivity index is 2.03. The van der Waals surface area contributed by atoms with Crippen LogP contribution in [0.5, 0.6) is 17.2 Å². The van der Waals surface area contributed by atoms with Gasteiger partial charge in [0.2, 0.25) is 0 Å². The number of ether oxygens (including phenoxy) is 3. The first-order valence-corrected chi connectivity index (χ1v) is 7.50.